The molecule has 0 aromatic rings. The Bertz CT molecular complexity index is 433. The molecule has 0 aromatic heterocycles. The summed E-state index contributed by atoms with van der Waals surface area (Å²) < 4.78 is 33.8. The Kier molecular flexibility index (Phi) is 8.56. The summed E-state index contributed by atoms with van der Waals surface area (Å²) in [6.45, 7) is 3.28. The van der Waals surface area contributed by atoms with E-state index in [2.05, 4.69) is 5.32 Å². The molecule has 1 rings (SSSR count). The van der Waals surface area contributed by atoms with Gasteiger partial charge in [-0.1, -0.05) is 6.92 Å². The third-order valence-electron chi connectivity index (χ3n) is 2.96. The molecule has 0 saturated carbocycles. The molecule has 0 unspecified atom stereocenters. The number of halogens is 2. The molecule has 21 heavy (non-hydrogen) atoms. The van der Waals surface area contributed by atoms with Crippen LogP contribution in [-0.4, -0.2) is 61.7 Å². The summed E-state index contributed by atoms with van der Waals surface area (Å²) in [5.74, 6) is 0.207. The Morgan fingerprint density at radius 1 is 1.43 bits per heavy atom. The highest BCUT2D eigenvalue weighted by Gasteiger charge is 2.37. The lowest BCUT2D eigenvalue weighted by molar-refractivity contribution is 0.0945. The second kappa shape index (κ2) is 9.35. The highest BCUT2D eigenvalue weighted by atomic mass is 35.5. The fraction of sp³-hybridized carbons (Fsp3) is 0.917. The predicted octanol–water partition coefficient (Wildman–Crippen LogP) is 1.71. The Balaban J connectivity index is 2.34. The fourth-order valence-corrected chi connectivity index (χ4v) is 4.96. The standard InChI is InChI=1S/C12H21Cl2NO4S2/c1-2-4-18-5-3-9(6-13)19-12(20)15-11-8-21(16,17)7-10(11)14/h9-11H,2-8H2,1H3,(H,15,20)/t9-,10+,11-/m1/s1. The van der Waals surface area contributed by atoms with Crippen molar-refractivity contribution in [3.05, 3.63) is 0 Å². The van der Waals surface area contributed by atoms with E-state index in [4.69, 9.17) is 44.9 Å². The van der Waals surface area contributed by atoms with Gasteiger partial charge in [-0.15, -0.1) is 23.2 Å². The van der Waals surface area contributed by atoms with Crippen LogP contribution in [0.15, 0.2) is 0 Å². The molecule has 1 aliphatic rings. The first-order valence-electron chi connectivity index (χ1n) is 6.83. The Hall–Kier alpha value is 0.180. The Morgan fingerprint density at radius 3 is 2.67 bits per heavy atom. The van der Waals surface area contributed by atoms with Crippen LogP contribution in [0.1, 0.15) is 19.8 Å². The van der Waals surface area contributed by atoms with Gasteiger partial charge in [-0.25, -0.2) is 8.42 Å². The van der Waals surface area contributed by atoms with E-state index in [1.54, 1.807) is 0 Å². The van der Waals surface area contributed by atoms with Gasteiger partial charge in [0.1, 0.15) is 6.10 Å². The zero-order valence-corrected chi connectivity index (χ0v) is 15.0. The SMILES string of the molecule is CCCOCC[C@H](CCl)OC(=S)N[C@@H]1CS(=O)(=O)C[C@@H]1Cl. The number of hydrogen-bond acceptors (Lipinski definition) is 5. The van der Waals surface area contributed by atoms with E-state index in [9.17, 15) is 8.42 Å². The summed E-state index contributed by atoms with van der Waals surface area (Å²) in [6.07, 6.45) is 1.31. The summed E-state index contributed by atoms with van der Waals surface area (Å²) in [7, 11) is -3.10. The minimum Gasteiger partial charge on any atom is -0.466 e. The van der Waals surface area contributed by atoms with Crippen molar-refractivity contribution >= 4 is 50.4 Å². The van der Waals surface area contributed by atoms with E-state index in [-0.39, 0.29) is 28.7 Å². The molecule has 5 nitrogen and oxygen atoms in total. The van der Waals surface area contributed by atoms with Crippen LogP contribution >= 0.6 is 35.4 Å². The van der Waals surface area contributed by atoms with Gasteiger partial charge in [0.05, 0.1) is 35.4 Å². The average Bonchev–Trinajstić information content (AvgIpc) is 2.65. The van der Waals surface area contributed by atoms with Crippen molar-refractivity contribution in [1.29, 1.82) is 0 Å². The lowest BCUT2D eigenvalue weighted by Crippen LogP contribution is -2.42. The van der Waals surface area contributed by atoms with Gasteiger partial charge in [-0.3, -0.25) is 0 Å². The van der Waals surface area contributed by atoms with Crippen LogP contribution in [0.2, 0.25) is 0 Å². The highest BCUT2D eigenvalue weighted by molar-refractivity contribution is 7.91. The maximum atomic E-state index is 11.5. The van der Waals surface area contributed by atoms with Gasteiger partial charge in [0.25, 0.3) is 5.17 Å². The number of ether oxygens (including phenoxy) is 2. The molecule has 3 atom stereocenters. The van der Waals surface area contributed by atoms with Gasteiger partial charge < -0.3 is 14.8 Å². The van der Waals surface area contributed by atoms with Gasteiger partial charge >= 0.3 is 0 Å². The molecule has 1 heterocycles. The molecule has 0 radical (unpaired) electrons. The van der Waals surface area contributed by atoms with Crippen molar-refractivity contribution in [3.63, 3.8) is 0 Å². The van der Waals surface area contributed by atoms with Crippen LogP contribution in [0.3, 0.4) is 0 Å². The van der Waals surface area contributed by atoms with Crippen LogP contribution in [0, 0.1) is 0 Å². The first kappa shape index (κ1) is 19.2. The molecule has 0 aliphatic carbocycles. The number of hydrogen-bond donors (Lipinski definition) is 1. The summed E-state index contributed by atoms with van der Waals surface area (Å²) in [5.41, 5.74) is 0. The molecule has 0 bridgehead atoms. The van der Waals surface area contributed by atoms with E-state index in [0.29, 0.717) is 19.6 Å². The molecule has 1 aliphatic heterocycles. The molecular formula is C12H21Cl2NO4S2. The third-order valence-corrected chi connectivity index (χ3v) is 5.90. The van der Waals surface area contributed by atoms with Gasteiger partial charge in [-0.05, 0) is 18.6 Å². The summed E-state index contributed by atoms with van der Waals surface area (Å²) in [5, 5.41) is 2.48. The van der Waals surface area contributed by atoms with E-state index in [1.807, 2.05) is 6.92 Å². The van der Waals surface area contributed by atoms with Gasteiger partial charge in [0.15, 0.2) is 9.84 Å². The minimum atomic E-state index is -3.10. The van der Waals surface area contributed by atoms with E-state index >= 15 is 0 Å². The second-order valence-corrected chi connectivity index (χ2v) is 8.32. The maximum absolute atomic E-state index is 11.5. The normalized spacial score (nSPS) is 25.5. The molecular weight excluding hydrogens is 357 g/mol. The number of thiocarbonyl (C=S) groups is 1. The van der Waals surface area contributed by atoms with E-state index < -0.39 is 21.3 Å². The number of sulfone groups is 1. The van der Waals surface area contributed by atoms with Crippen LogP contribution in [0.5, 0.6) is 0 Å². The van der Waals surface area contributed by atoms with Crippen molar-refractivity contribution in [2.75, 3.05) is 30.6 Å². The summed E-state index contributed by atoms with van der Waals surface area (Å²) >= 11 is 16.9. The molecule has 0 amide bonds. The first-order valence-corrected chi connectivity index (χ1v) is 10.0. The number of rotatable bonds is 8. The van der Waals surface area contributed by atoms with Crippen molar-refractivity contribution in [3.8, 4) is 0 Å². The molecule has 124 valence electrons. The van der Waals surface area contributed by atoms with E-state index in [1.165, 1.54) is 0 Å². The Labute approximate surface area is 141 Å². The van der Waals surface area contributed by atoms with Gasteiger partial charge in [0.2, 0.25) is 0 Å². The van der Waals surface area contributed by atoms with Crippen molar-refractivity contribution < 1.29 is 17.9 Å². The van der Waals surface area contributed by atoms with Crippen molar-refractivity contribution in [1.82, 2.24) is 5.32 Å². The predicted molar refractivity (Wildman–Crippen MR) is 89.1 cm³/mol. The molecule has 0 spiro atoms. The van der Waals surface area contributed by atoms with E-state index in [0.717, 1.165) is 6.42 Å². The van der Waals surface area contributed by atoms with Crippen molar-refractivity contribution in [2.45, 2.75) is 37.3 Å². The zero-order valence-electron chi connectivity index (χ0n) is 11.9. The molecule has 1 fully saturated rings. The maximum Gasteiger partial charge on any atom is 0.257 e. The quantitative estimate of drug-likeness (QED) is 0.394. The van der Waals surface area contributed by atoms with Crippen LogP contribution < -0.4 is 5.32 Å². The molecule has 9 heteroatoms. The lowest BCUT2D eigenvalue weighted by Gasteiger charge is -2.21. The lowest BCUT2D eigenvalue weighted by atomic mass is 10.2. The highest BCUT2D eigenvalue weighted by Crippen LogP contribution is 2.18. The molecule has 0 aromatic carbocycles. The van der Waals surface area contributed by atoms with Gasteiger partial charge in [-0.2, -0.15) is 0 Å². The first-order chi connectivity index (χ1) is 9.88. The largest absolute Gasteiger partial charge is 0.466 e. The Morgan fingerprint density at radius 2 is 2.14 bits per heavy atom. The smallest absolute Gasteiger partial charge is 0.257 e. The summed E-state index contributed by atoms with van der Waals surface area (Å²) in [4.78, 5) is 0. The zero-order chi connectivity index (χ0) is 15.9. The topological polar surface area (TPSA) is 64.6 Å². The van der Waals surface area contributed by atoms with Gasteiger partial charge in [0, 0.05) is 13.0 Å². The number of alkyl halides is 2. The summed E-state index contributed by atoms with van der Waals surface area (Å²) in [6, 6.07) is -0.420. The minimum absolute atomic E-state index is 0.0319. The van der Waals surface area contributed by atoms with Crippen LogP contribution in [-0.2, 0) is 19.3 Å². The van der Waals surface area contributed by atoms with Crippen LogP contribution in [0.25, 0.3) is 0 Å². The monoisotopic (exact) mass is 377 g/mol. The van der Waals surface area contributed by atoms with Crippen molar-refractivity contribution in [2.24, 2.45) is 0 Å². The average molecular weight is 378 g/mol. The fourth-order valence-electron chi connectivity index (χ4n) is 1.90. The molecule has 1 N–H and O–H groups in total. The third kappa shape index (κ3) is 7.32. The number of nitrogens with one attached hydrogen (secondary N) is 1. The second-order valence-electron chi connectivity index (χ2n) is 4.93. The molecule has 1 saturated heterocycles. The van der Waals surface area contributed by atoms with Crippen LogP contribution in [0.4, 0.5) is 0 Å².